The number of nitrogens with zero attached hydrogens (tertiary/aromatic N) is 6. The van der Waals surface area contributed by atoms with Crippen LogP contribution >= 0.6 is 0 Å². The molecule has 1 saturated heterocycles. The monoisotopic (exact) mass is 442 g/mol. The minimum absolute atomic E-state index is 0.0229. The Kier molecular flexibility index (Phi) is 5.05. The molecule has 2 fully saturated rings. The summed E-state index contributed by atoms with van der Waals surface area (Å²) in [5.41, 5.74) is 1.66. The number of piperazine rings is 1. The fourth-order valence-corrected chi connectivity index (χ4v) is 5.99. The van der Waals surface area contributed by atoms with Crippen molar-refractivity contribution in [3.8, 4) is 0 Å². The molecule has 0 spiro atoms. The van der Waals surface area contributed by atoms with Crippen LogP contribution in [-0.4, -0.2) is 58.0 Å². The van der Waals surface area contributed by atoms with E-state index < -0.39 is 10.0 Å². The van der Waals surface area contributed by atoms with Crippen molar-refractivity contribution >= 4 is 26.6 Å². The smallest absolute Gasteiger partial charge is 0.262 e. The number of rotatable bonds is 4. The first-order valence-corrected chi connectivity index (χ1v) is 12.1. The molecule has 0 bridgehead atoms. The van der Waals surface area contributed by atoms with Gasteiger partial charge in [-0.05, 0) is 31.0 Å². The maximum atomic E-state index is 12.9. The molecule has 3 heterocycles. The predicted octanol–water partition coefficient (Wildman–Crippen LogP) is 1.76. The molecular weight excluding hydrogens is 416 g/mol. The molecule has 5 rings (SSSR count). The van der Waals surface area contributed by atoms with E-state index in [4.69, 9.17) is 0 Å². The van der Waals surface area contributed by atoms with E-state index >= 15 is 0 Å². The largest absolute Gasteiger partial charge is 0.369 e. The van der Waals surface area contributed by atoms with Crippen LogP contribution in [0.2, 0.25) is 0 Å². The van der Waals surface area contributed by atoms with Crippen LogP contribution in [0, 0.1) is 0 Å². The molecule has 1 saturated carbocycles. The Morgan fingerprint density at radius 3 is 2.42 bits per heavy atom. The van der Waals surface area contributed by atoms with Crippen molar-refractivity contribution in [3.05, 3.63) is 47.4 Å². The lowest BCUT2D eigenvalue weighted by Crippen LogP contribution is -2.48. The Hall–Kier alpha value is -2.72. The van der Waals surface area contributed by atoms with Crippen molar-refractivity contribution in [1.82, 2.24) is 23.4 Å². The van der Waals surface area contributed by atoms with Gasteiger partial charge in [-0.2, -0.15) is 4.31 Å². The van der Waals surface area contributed by atoms with Crippen LogP contribution in [0.3, 0.4) is 0 Å². The maximum absolute atomic E-state index is 12.9. The molecule has 0 amide bonds. The minimum atomic E-state index is -3.58. The average molecular weight is 443 g/mol. The summed E-state index contributed by atoms with van der Waals surface area (Å²) in [4.78, 5) is 23.6. The maximum Gasteiger partial charge on any atom is 0.262 e. The number of hydrogen-bond acceptors (Lipinski definition) is 6. The highest BCUT2D eigenvalue weighted by molar-refractivity contribution is 7.89. The Bertz CT molecular complexity index is 1270. The second-order valence-electron chi connectivity index (χ2n) is 8.37. The van der Waals surface area contributed by atoms with E-state index in [2.05, 4.69) is 14.9 Å². The van der Waals surface area contributed by atoms with E-state index in [0.717, 1.165) is 31.4 Å². The van der Waals surface area contributed by atoms with Gasteiger partial charge in [0.1, 0.15) is 0 Å². The van der Waals surface area contributed by atoms with Crippen LogP contribution in [0.15, 0.2) is 46.9 Å². The van der Waals surface area contributed by atoms with Crippen molar-refractivity contribution < 1.29 is 8.42 Å². The average Bonchev–Trinajstić information content (AvgIpc) is 3.46. The molecule has 1 aliphatic heterocycles. The van der Waals surface area contributed by atoms with Crippen LogP contribution in [0.5, 0.6) is 0 Å². The second-order valence-corrected chi connectivity index (χ2v) is 10.3. The number of aryl methyl sites for hydroxylation is 1. The molecule has 2 aromatic heterocycles. The number of hydrogen-bond donors (Lipinski definition) is 0. The number of aromatic nitrogens is 4. The molecule has 3 aromatic rings. The lowest BCUT2D eigenvalue weighted by molar-refractivity contribution is 0.383. The summed E-state index contributed by atoms with van der Waals surface area (Å²) in [5, 5.41) is 0.714. The quantitative estimate of drug-likeness (QED) is 0.611. The lowest BCUT2D eigenvalue weighted by atomic mass is 10.2. The van der Waals surface area contributed by atoms with Gasteiger partial charge in [-0.25, -0.2) is 18.4 Å². The molecular formula is C21H26N6O3S. The van der Waals surface area contributed by atoms with E-state index in [1.807, 2.05) is 18.2 Å². The first-order valence-electron chi connectivity index (χ1n) is 10.7. The summed E-state index contributed by atoms with van der Waals surface area (Å²) < 4.78 is 30.5. The van der Waals surface area contributed by atoms with Crippen molar-refractivity contribution in [3.63, 3.8) is 0 Å². The van der Waals surface area contributed by atoms with Gasteiger partial charge in [0, 0.05) is 51.2 Å². The number of imidazole rings is 1. The molecule has 10 heteroatoms. The summed E-state index contributed by atoms with van der Waals surface area (Å²) in [7, 11) is -1.83. The topological polar surface area (TPSA) is 93.3 Å². The zero-order valence-corrected chi connectivity index (χ0v) is 18.3. The normalized spacial score (nSPS) is 18.8. The van der Waals surface area contributed by atoms with E-state index in [1.165, 1.54) is 16.8 Å². The fraction of sp³-hybridized carbons (Fsp3) is 0.476. The SMILES string of the molecule is Cn1cnc(S(=O)(=O)N2CCN(c3ccc4c(=O)n(C5CCCC5)cnc4c3)CC2)c1. The van der Waals surface area contributed by atoms with Crippen molar-refractivity contribution in [2.75, 3.05) is 31.1 Å². The Balaban J connectivity index is 1.34. The van der Waals surface area contributed by atoms with Gasteiger partial charge < -0.3 is 9.47 Å². The van der Waals surface area contributed by atoms with E-state index in [0.29, 0.717) is 37.1 Å². The van der Waals surface area contributed by atoms with Crippen molar-refractivity contribution in [2.45, 2.75) is 36.8 Å². The Morgan fingerprint density at radius 1 is 1.00 bits per heavy atom. The van der Waals surface area contributed by atoms with Gasteiger partial charge >= 0.3 is 0 Å². The number of benzene rings is 1. The Morgan fingerprint density at radius 2 is 1.74 bits per heavy atom. The molecule has 9 nitrogen and oxygen atoms in total. The summed E-state index contributed by atoms with van der Waals surface area (Å²) in [5.74, 6) is 0. The van der Waals surface area contributed by atoms with Crippen molar-refractivity contribution in [1.29, 1.82) is 0 Å². The standard InChI is InChI=1S/C21H26N6O3S/c1-24-13-20(23-14-24)31(29,30)26-10-8-25(9-11-26)17-6-7-18-19(12-17)22-15-27(21(18)28)16-4-2-3-5-16/h6-7,12-16H,2-5,8-11H2,1H3. The molecule has 0 unspecified atom stereocenters. The van der Waals surface area contributed by atoms with Gasteiger partial charge in [0.15, 0.2) is 5.03 Å². The summed E-state index contributed by atoms with van der Waals surface area (Å²) in [6.07, 6.45) is 9.10. The third-order valence-corrected chi connectivity index (χ3v) is 8.16. The fourth-order valence-electron chi connectivity index (χ4n) is 4.60. The molecule has 0 atom stereocenters. The predicted molar refractivity (Wildman–Crippen MR) is 118 cm³/mol. The molecule has 2 aliphatic rings. The first kappa shape index (κ1) is 20.2. The third-order valence-electron chi connectivity index (χ3n) is 6.37. The third kappa shape index (κ3) is 3.63. The zero-order chi connectivity index (χ0) is 21.6. The highest BCUT2D eigenvalue weighted by Gasteiger charge is 2.30. The number of sulfonamides is 1. The van der Waals surface area contributed by atoms with Crippen LogP contribution in [0.1, 0.15) is 31.7 Å². The van der Waals surface area contributed by atoms with Crippen LogP contribution in [0.4, 0.5) is 5.69 Å². The van der Waals surface area contributed by atoms with Gasteiger partial charge in [-0.15, -0.1) is 0 Å². The molecule has 164 valence electrons. The van der Waals surface area contributed by atoms with Crippen molar-refractivity contribution in [2.24, 2.45) is 7.05 Å². The number of fused-ring (bicyclic) bond motifs is 1. The lowest BCUT2D eigenvalue weighted by Gasteiger charge is -2.35. The van der Waals surface area contributed by atoms with Gasteiger partial charge in [0.2, 0.25) is 0 Å². The van der Waals surface area contributed by atoms with Gasteiger partial charge in [0.25, 0.3) is 15.6 Å². The second kappa shape index (κ2) is 7.76. The molecule has 1 aliphatic carbocycles. The first-order chi connectivity index (χ1) is 14.9. The van der Waals surface area contributed by atoms with E-state index in [1.54, 1.807) is 22.5 Å². The summed E-state index contributed by atoms with van der Waals surface area (Å²) in [6, 6.07) is 5.98. The summed E-state index contributed by atoms with van der Waals surface area (Å²) >= 11 is 0. The van der Waals surface area contributed by atoms with Gasteiger partial charge in [-0.3, -0.25) is 9.36 Å². The highest BCUT2D eigenvalue weighted by Crippen LogP contribution is 2.29. The van der Waals surface area contributed by atoms with E-state index in [9.17, 15) is 13.2 Å². The Labute approximate surface area is 181 Å². The molecule has 0 radical (unpaired) electrons. The number of anilines is 1. The summed E-state index contributed by atoms with van der Waals surface area (Å²) in [6.45, 7) is 1.90. The molecule has 0 N–H and O–H groups in total. The highest BCUT2D eigenvalue weighted by atomic mass is 32.2. The van der Waals surface area contributed by atoms with Crippen LogP contribution in [0.25, 0.3) is 10.9 Å². The zero-order valence-electron chi connectivity index (χ0n) is 17.5. The van der Waals surface area contributed by atoms with Crippen LogP contribution in [-0.2, 0) is 17.1 Å². The van der Waals surface area contributed by atoms with E-state index in [-0.39, 0.29) is 16.6 Å². The van der Waals surface area contributed by atoms with Gasteiger partial charge in [0.05, 0.1) is 23.6 Å². The molecule has 31 heavy (non-hydrogen) atoms. The molecule has 1 aromatic carbocycles. The minimum Gasteiger partial charge on any atom is -0.369 e. The van der Waals surface area contributed by atoms with Crippen LogP contribution < -0.4 is 10.5 Å². The van der Waals surface area contributed by atoms with Gasteiger partial charge in [-0.1, -0.05) is 12.8 Å².